The molecule has 0 spiro atoms. The molecule has 1 unspecified atom stereocenters. The van der Waals surface area contributed by atoms with Crippen LogP contribution in [0, 0.1) is 11.8 Å². The zero-order chi connectivity index (χ0) is 14.0. The molecule has 2 rings (SSSR count). The lowest BCUT2D eigenvalue weighted by Gasteiger charge is -2.13. The van der Waals surface area contributed by atoms with Gasteiger partial charge in [-0.25, -0.2) is 4.79 Å². The zero-order valence-corrected chi connectivity index (χ0v) is 12.3. The standard InChI is InChI=1S/C16H23NO2/c1-5-11(4)7-12-8-17-14(6-10(2)3)15-13(12)9-19-16(15)18/h8,10-11H,5-7,9H2,1-4H3. The van der Waals surface area contributed by atoms with Crippen LogP contribution in [0.15, 0.2) is 6.20 Å². The van der Waals surface area contributed by atoms with Crippen molar-refractivity contribution in [1.29, 1.82) is 0 Å². The first kappa shape index (κ1) is 14.0. The maximum atomic E-state index is 11.9. The van der Waals surface area contributed by atoms with Gasteiger partial charge in [-0.1, -0.05) is 34.1 Å². The van der Waals surface area contributed by atoms with Crippen LogP contribution in [-0.4, -0.2) is 11.0 Å². The molecule has 0 bridgehead atoms. The Morgan fingerprint density at radius 2 is 2.05 bits per heavy atom. The average molecular weight is 261 g/mol. The van der Waals surface area contributed by atoms with Gasteiger partial charge in [0.15, 0.2) is 0 Å². The Morgan fingerprint density at radius 3 is 2.68 bits per heavy atom. The lowest BCUT2D eigenvalue weighted by molar-refractivity contribution is 0.0533. The SMILES string of the molecule is CCC(C)Cc1cnc(CC(C)C)c2c1COC2=O. The van der Waals surface area contributed by atoms with Gasteiger partial charge in [-0.15, -0.1) is 0 Å². The van der Waals surface area contributed by atoms with Crippen molar-refractivity contribution >= 4 is 5.97 Å². The molecule has 1 aliphatic heterocycles. The second-order valence-electron chi connectivity index (χ2n) is 5.98. The summed E-state index contributed by atoms with van der Waals surface area (Å²) in [5.74, 6) is 0.909. The Labute approximate surface area is 115 Å². The fraction of sp³-hybridized carbons (Fsp3) is 0.625. The van der Waals surface area contributed by atoms with Gasteiger partial charge in [0, 0.05) is 11.8 Å². The molecule has 0 amide bonds. The smallest absolute Gasteiger partial charge is 0.340 e. The van der Waals surface area contributed by atoms with Gasteiger partial charge in [0.25, 0.3) is 0 Å². The molecule has 1 aromatic rings. The van der Waals surface area contributed by atoms with Crippen molar-refractivity contribution in [1.82, 2.24) is 4.98 Å². The number of fused-ring (bicyclic) bond motifs is 1. The van der Waals surface area contributed by atoms with E-state index in [1.807, 2.05) is 6.20 Å². The molecule has 0 radical (unpaired) electrons. The van der Waals surface area contributed by atoms with E-state index in [-0.39, 0.29) is 5.97 Å². The summed E-state index contributed by atoms with van der Waals surface area (Å²) in [4.78, 5) is 16.4. The second kappa shape index (κ2) is 5.72. The van der Waals surface area contributed by atoms with Crippen molar-refractivity contribution < 1.29 is 9.53 Å². The van der Waals surface area contributed by atoms with Gasteiger partial charge in [-0.3, -0.25) is 4.98 Å². The van der Waals surface area contributed by atoms with Crippen LogP contribution in [-0.2, 0) is 24.2 Å². The van der Waals surface area contributed by atoms with Crippen molar-refractivity contribution in [3.8, 4) is 0 Å². The number of rotatable bonds is 5. The summed E-state index contributed by atoms with van der Waals surface area (Å²) < 4.78 is 5.22. The van der Waals surface area contributed by atoms with Crippen LogP contribution >= 0.6 is 0 Å². The first-order valence-corrected chi connectivity index (χ1v) is 7.19. The van der Waals surface area contributed by atoms with Gasteiger partial charge in [0.2, 0.25) is 0 Å². The number of aromatic nitrogens is 1. The Bertz CT molecular complexity index is 480. The number of esters is 1. The van der Waals surface area contributed by atoms with E-state index in [9.17, 15) is 4.79 Å². The maximum absolute atomic E-state index is 11.9. The zero-order valence-electron chi connectivity index (χ0n) is 12.3. The van der Waals surface area contributed by atoms with Crippen LogP contribution in [0.3, 0.4) is 0 Å². The topological polar surface area (TPSA) is 39.2 Å². The van der Waals surface area contributed by atoms with Crippen molar-refractivity contribution in [2.24, 2.45) is 11.8 Å². The highest BCUT2D eigenvalue weighted by Crippen LogP contribution is 2.28. The van der Waals surface area contributed by atoms with Crippen LogP contribution in [0.4, 0.5) is 0 Å². The predicted molar refractivity (Wildman–Crippen MR) is 75.1 cm³/mol. The van der Waals surface area contributed by atoms with E-state index in [1.54, 1.807) is 0 Å². The fourth-order valence-electron chi connectivity index (χ4n) is 2.49. The van der Waals surface area contributed by atoms with E-state index in [2.05, 4.69) is 32.7 Å². The minimum atomic E-state index is -0.191. The first-order valence-electron chi connectivity index (χ1n) is 7.19. The normalized spacial score (nSPS) is 15.5. The van der Waals surface area contributed by atoms with Gasteiger partial charge < -0.3 is 4.74 Å². The summed E-state index contributed by atoms with van der Waals surface area (Å²) in [6, 6.07) is 0. The number of hydrogen-bond acceptors (Lipinski definition) is 3. The summed E-state index contributed by atoms with van der Waals surface area (Å²) in [6.45, 7) is 9.12. The van der Waals surface area contributed by atoms with Crippen LogP contribution in [0.5, 0.6) is 0 Å². The highest BCUT2D eigenvalue weighted by atomic mass is 16.5. The molecule has 0 aliphatic carbocycles. The second-order valence-corrected chi connectivity index (χ2v) is 5.98. The van der Waals surface area contributed by atoms with E-state index >= 15 is 0 Å². The van der Waals surface area contributed by atoms with Crippen molar-refractivity contribution in [2.75, 3.05) is 0 Å². The van der Waals surface area contributed by atoms with Gasteiger partial charge in [0.1, 0.15) is 6.61 Å². The van der Waals surface area contributed by atoms with Crippen LogP contribution in [0.2, 0.25) is 0 Å². The largest absolute Gasteiger partial charge is 0.457 e. The van der Waals surface area contributed by atoms with Gasteiger partial charge in [0.05, 0.1) is 11.3 Å². The van der Waals surface area contributed by atoms with E-state index < -0.39 is 0 Å². The minimum Gasteiger partial charge on any atom is -0.457 e. The predicted octanol–water partition coefficient (Wildman–Crippen LogP) is 3.54. The number of carbonyl (C=O) groups excluding carboxylic acids is 1. The lowest BCUT2D eigenvalue weighted by Crippen LogP contribution is -2.09. The number of nitrogens with zero attached hydrogens (tertiary/aromatic N) is 1. The number of pyridine rings is 1. The quantitative estimate of drug-likeness (QED) is 0.761. The molecule has 3 nitrogen and oxygen atoms in total. The molecule has 1 aromatic heterocycles. The third-order valence-electron chi connectivity index (χ3n) is 3.77. The molecule has 1 atom stereocenters. The number of cyclic esters (lactones) is 1. The van der Waals surface area contributed by atoms with E-state index in [1.165, 1.54) is 5.56 Å². The molecule has 3 heteroatoms. The van der Waals surface area contributed by atoms with Crippen molar-refractivity contribution in [2.45, 2.75) is 53.6 Å². The van der Waals surface area contributed by atoms with E-state index in [0.717, 1.165) is 36.1 Å². The molecule has 0 N–H and O–H groups in total. The minimum absolute atomic E-state index is 0.191. The Balaban J connectivity index is 2.37. The third kappa shape index (κ3) is 2.96. The monoisotopic (exact) mass is 261 g/mol. The molecule has 0 saturated carbocycles. The summed E-state index contributed by atoms with van der Waals surface area (Å²) >= 11 is 0. The fourth-order valence-corrected chi connectivity index (χ4v) is 2.49. The van der Waals surface area contributed by atoms with Gasteiger partial charge in [-0.2, -0.15) is 0 Å². The third-order valence-corrected chi connectivity index (χ3v) is 3.77. The Morgan fingerprint density at radius 1 is 1.32 bits per heavy atom. The van der Waals surface area contributed by atoms with Crippen LogP contribution in [0.1, 0.15) is 61.3 Å². The summed E-state index contributed by atoms with van der Waals surface area (Å²) in [7, 11) is 0. The lowest BCUT2D eigenvalue weighted by atomic mass is 9.92. The molecule has 2 heterocycles. The molecule has 0 aromatic carbocycles. The molecule has 104 valence electrons. The van der Waals surface area contributed by atoms with Crippen molar-refractivity contribution in [3.63, 3.8) is 0 Å². The Hall–Kier alpha value is -1.38. The van der Waals surface area contributed by atoms with Gasteiger partial charge >= 0.3 is 5.97 Å². The molecular weight excluding hydrogens is 238 g/mol. The van der Waals surface area contributed by atoms with E-state index in [0.29, 0.717) is 18.4 Å². The summed E-state index contributed by atoms with van der Waals surface area (Å²) in [5.41, 5.74) is 3.91. The first-order chi connectivity index (χ1) is 9.02. The van der Waals surface area contributed by atoms with E-state index in [4.69, 9.17) is 4.74 Å². The molecular formula is C16H23NO2. The summed E-state index contributed by atoms with van der Waals surface area (Å²) in [5, 5.41) is 0. The number of carbonyl (C=O) groups is 1. The van der Waals surface area contributed by atoms with Gasteiger partial charge in [-0.05, 0) is 30.2 Å². The molecule has 1 aliphatic rings. The molecule has 19 heavy (non-hydrogen) atoms. The van der Waals surface area contributed by atoms with Crippen LogP contribution < -0.4 is 0 Å². The average Bonchev–Trinajstić information content (AvgIpc) is 2.74. The van der Waals surface area contributed by atoms with Crippen molar-refractivity contribution in [3.05, 3.63) is 28.6 Å². The highest BCUT2D eigenvalue weighted by molar-refractivity contribution is 5.94. The highest BCUT2D eigenvalue weighted by Gasteiger charge is 2.28. The molecule has 0 saturated heterocycles. The number of hydrogen-bond donors (Lipinski definition) is 0. The Kier molecular flexibility index (Phi) is 4.23. The maximum Gasteiger partial charge on any atom is 0.340 e. The van der Waals surface area contributed by atoms with Crippen LogP contribution in [0.25, 0.3) is 0 Å². The molecule has 0 fully saturated rings. The summed E-state index contributed by atoms with van der Waals surface area (Å²) in [6.07, 6.45) is 4.90. The number of ether oxygens (including phenoxy) is 1.